The van der Waals surface area contributed by atoms with Crippen molar-refractivity contribution < 1.29 is 14.6 Å². The molecule has 1 aromatic heterocycles. The van der Waals surface area contributed by atoms with Gasteiger partial charge in [0.25, 0.3) is 0 Å². The standard InChI is InChI=1S/C13H13N3O3/c1-8-3-2-4-9(5-8)19-7-11-15-6-10(13(17)18)12(14)16-11/h2-6H,7H2,1H3,(H,17,18)(H2,14,15,16). The Hall–Kier alpha value is -2.63. The predicted molar refractivity (Wildman–Crippen MR) is 68.9 cm³/mol. The van der Waals surface area contributed by atoms with Crippen molar-refractivity contribution in [3.63, 3.8) is 0 Å². The molecule has 1 aromatic carbocycles. The zero-order valence-corrected chi connectivity index (χ0v) is 10.3. The zero-order chi connectivity index (χ0) is 13.8. The molecule has 0 saturated carbocycles. The van der Waals surface area contributed by atoms with Gasteiger partial charge in [-0.1, -0.05) is 12.1 Å². The van der Waals surface area contributed by atoms with Crippen LogP contribution < -0.4 is 10.5 Å². The van der Waals surface area contributed by atoms with E-state index in [1.54, 1.807) is 0 Å². The number of aromatic nitrogens is 2. The number of nitrogens with zero attached hydrogens (tertiary/aromatic N) is 2. The molecule has 1 heterocycles. The monoisotopic (exact) mass is 259 g/mol. The number of hydrogen-bond donors (Lipinski definition) is 2. The second-order valence-corrected chi connectivity index (χ2v) is 4.00. The maximum absolute atomic E-state index is 10.8. The topological polar surface area (TPSA) is 98.3 Å². The first kappa shape index (κ1) is 12.8. The lowest BCUT2D eigenvalue weighted by Gasteiger charge is -2.07. The normalized spacial score (nSPS) is 10.2. The van der Waals surface area contributed by atoms with E-state index in [1.807, 2.05) is 31.2 Å². The fourth-order valence-electron chi connectivity index (χ4n) is 1.52. The number of aromatic carboxylic acids is 1. The van der Waals surface area contributed by atoms with Gasteiger partial charge in [-0.15, -0.1) is 0 Å². The number of nitrogen functional groups attached to an aromatic ring is 1. The molecule has 0 bridgehead atoms. The van der Waals surface area contributed by atoms with Crippen LogP contribution in [0, 0.1) is 6.92 Å². The first-order valence-electron chi connectivity index (χ1n) is 5.60. The minimum Gasteiger partial charge on any atom is -0.486 e. The smallest absolute Gasteiger partial charge is 0.341 e. The maximum Gasteiger partial charge on any atom is 0.341 e. The second kappa shape index (κ2) is 5.34. The third-order valence-electron chi connectivity index (χ3n) is 2.46. The van der Waals surface area contributed by atoms with Gasteiger partial charge in [0.1, 0.15) is 23.7 Å². The molecular weight excluding hydrogens is 246 g/mol. The number of carboxylic acids is 1. The molecule has 0 atom stereocenters. The van der Waals surface area contributed by atoms with Crippen molar-refractivity contribution in [3.05, 3.63) is 47.4 Å². The molecule has 0 saturated heterocycles. The van der Waals surface area contributed by atoms with Gasteiger partial charge in [-0.05, 0) is 24.6 Å². The molecule has 2 aromatic rings. The zero-order valence-electron chi connectivity index (χ0n) is 10.3. The van der Waals surface area contributed by atoms with Crippen molar-refractivity contribution in [2.45, 2.75) is 13.5 Å². The summed E-state index contributed by atoms with van der Waals surface area (Å²) >= 11 is 0. The molecular formula is C13H13N3O3. The van der Waals surface area contributed by atoms with E-state index in [9.17, 15) is 4.79 Å². The third-order valence-corrected chi connectivity index (χ3v) is 2.46. The number of nitrogens with two attached hydrogens (primary N) is 1. The molecule has 0 amide bonds. The fourth-order valence-corrected chi connectivity index (χ4v) is 1.52. The van der Waals surface area contributed by atoms with E-state index in [-0.39, 0.29) is 18.0 Å². The van der Waals surface area contributed by atoms with Crippen LogP contribution in [0.15, 0.2) is 30.5 Å². The van der Waals surface area contributed by atoms with E-state index in [0.29, 0.717) is 11.6 Å². The van der Waals surface area contributed by atoms with E-state index in [1.165, 1.54) is 6.20 Å². The van der Waals surface area contributed by atoms with Crippen molar-refractivity contribution in [3.8, 4) is 5.75 Å². The Balaban J connectivity index is 2.08. The highest BCUT2D eigenvalue weighted by molar-refractivity contribution is 5.92. The van der Waals surface area contributed by atoms with Crippen LogP contribution in [0.3, 0.4) is 0 Å². The van der Waals surface area contributed by atoms with Crippen LogP contribution in [0.25, 0.3) is 0 Å². The molecule has 0 aliphatic carbocycles. The molecule has 0 unspecified atom stereocenters. The molecule has 19 heavy (non-hydrogen) atoms. The Labute approximate surface area is 109 Å². The summed E-state index contributed by atoms with van der Waals surface area (Å²) in [7, 11) is 0. The molecule has 6 heteroatoms. The van der Waals surface area contributed by atoms with Gasteiger partial charge in [-0.2, -0.15) is 0 Å². The summed E-state index contributed by atoms with van der Waals surface area (Å²) < 4.78 is 5.50. The summed E-state index contributed by atoms with van der Waals surface area (Å²) in [6.07, 6.45) is 1.18. The molecule has 0 aliphatic heterocycles. The quantitative estimate of drug-likeness (QED) is 0.866. The second-order valence-electron chi connectivity index (χ2n) is 4.00. The van der Waals surface area contributed by atoms with Crippen molar-refractivity contribution in [1.29, 1.82) is 0 Å². The van der Waals surface area contributed by atoms with E-state index in [0.717, 1.165) is 5.56 Å². The highest BCUT2D eigenvalue weighted by atomic mass is 16.5. The molecule has 0 aliphatic rings. The minimum atomic E-state index is -1.15. The van der Waals surface area contributed by atoms with Crippen LogP contribution in [0.5, 0.6) is 5.75 Å². The van der Waals surface area contributed by atoms with E-state index >= 15 is 0 Å². The van der Waals surface area contributed by atoms with Crippen LogP contribution in [-0.2, 0) is 6.61 Å². The largest absolute Gasteiger partial charge is 0.486 e. The Morgan fingerprint density at radius 2 is 2.26 bits per heavy atom. The number of carboxylic acid groups (broad SMARTS) is 1. The maximum atomic E-state index is 10.8. The summed E-state index contributed by atoms with van der Waals surface area (Å²) in [5.41, 5.74) is 6.50. The van der Waals surface area contributed by atoms with Gasteiger partial charge in [-0.25, -0.2) is 14.8 Å². The lowest BCUT2D eigenvalue weighted by Crippen LogP contribution is -2.10. The van der Waals surface area contributed by atoms with Gasteiger partial charge in [0.15, 0.2) is 5.82 Å². The number of carbonyl (C=O) groups is 1. The van der Waals surface area contributed by atoms with Crippen molar-refractivity contribution in [2.75, 3.05) is 5.73 Å². The minimum absolute atomic E-state index is 0.0645. The van der Waals surface area contributed by atoms with Gasteiger partial charge in [0.2, 0.25) is 0 Å². The van der Waals surface area contributed by atoms with Crippen molar-refractivity contribution in [1.82, 2.24) is 9.97 Å². The summed E-state index contributed by atoms with van der Waals surface area (Å²) in [6.45, 7) is 2.09. The van der Waals surface area contributed by atoms with Crippen LogP contribution in [0.4, 0.5) is 5.82 Å². The summed E-state index contributed by atoms with van der Waals surface area (Å²) in [4.78, 5) is 18.6. The van der Waals surface area contributed by atoms with Crippen LogP contribution in [0.2, 0.25) is 0 Å². The number of ether oxygens (including phenoxy) is 1. The molecule has 0 radical (unpaired) electrons. The van der Waals surface area contributed by atoms with E-state index < -0.39 is 5.97 Å². The number of benzene rings is 1. The SMILES string of the molecule is Cc1cccc(OCc2ncc(C(=O)O)c(N)n2)c1. The Bertz CT molecular complexity index is 614. The summed E-state index contributed by atoms with van der Waals surface area (Å²) in [5, 5.41) is 8.80. The van der Waals surface area contributed by atoms with Gasteiger partial charge in [0, 0.05) is 6.20 Å². The number of aryl methyl sites for hydroxylation is 1. The number of anilines is 1. The average molecular weight is 259 g/mol. The van der Waals surface area contributed by atoms with Crippen LogP contribution in [0.1, 0.15) is 21.7 Å². The van der Waals surface area contributed by atoms with Gasteiger partial charge in [0.05, 0.1) is 0 Å². The van der Waals surface area contributed by atoms with E-state index in [2.05, 4.69) is 9.97 Å². The summed E-state index contributed by atoms with van der Waals surface area (Å²) in [6, 6.07) is 7.55. The van der Waals surface area contributed by atoms with Gasteiger partial charge < -0.3 is 15.6 Å². The molecule has 0 spiro atoms. The van der Waals surface area contributed by atoms with Crippen molar-refractivity contribution >= 4 is 11.8 Å². The molecule has 2 rings (SSSR count). The third kappa shape index (κ3) is 3.19. The Morgan fingerprint density at radius 3 is 2.89 bits per heavy atom. The number of hydrogen-bond acceptors (Lipinski definition) is 5. The number of rotatable bonds is 4. The Morgan fingerprint density at radius 1 is 1.47 bits per heavy atom. The molecule has 98 valence electrons. The first-order chi connectivity index (χ1) is 9.06. The first-order valence-corrected chi connectivity index (χ1v) is 5.60. The lowest BCUT2D eigenvalue weighted by atomic mass is 10.2. The highest BCUT2D eigenvalue weighted by Crippen LogP contribution is 2.14. The molecule has 0 fully saturated rings. The van der Waals surface area contributed by atoms with Crippen LogP contribution >= 0.6 is 0 Å². The average Bonchev–Trinajstić information content (AvgIpc) is 2.36. The highest BCUT2D eigenvalue weighted by Gasteiger charge is 2.10. The van der Waals surface area contributed by atoms with E-state index in [4.69, 9.17) is 15.6 Å². The van der Waals surface area contributed by atoms with Crippen molar-refractivity contribution in [2.24, 2.45) is 0 Å². The summed E-state index contributed by atoms with van der Waals surface area (Å²) in [5.74, 6) is -0.178. The van der Waals surface area contributed by atoms with Gasteiger partial charge in [-0.3, -0.25) is 0 Å². The molecule has 6 nitrogen and oxygen atoms in total. The Kier molecular flexibility index (Phi) is 3.61. The van der Waals surface area contributed by atoms with Gasteiger partial charge >= 0.3 is 5.97 Å². The fraction of sp³-hybridized carbons (Fsp3) is 0.154. The lowest BCUT2D eigenvalue weighted by molar-refractivity contribution is 0.0697. The predicted octanol–water partition coefficient (Wildman–Crippen LogP) is 1.64. The molecule has 3 N–H and O–H groups in total. The van der Waals surface area contributed by atoms with Crippen LogP contribution in [-0.4, -0.2) is 21.0 Å².